The highest BCUT2D eigenvalue weighted by atomic mass is 16.1. The highest BCUT2D eigenvalue weighted by Gasteiger charge is 2.23. The molecule has 2 rings (SSSR count). The standard InChI is InChI=1S/C14H18N2O/c1-9(17)10-7-6-8-11-12(10)16(5)15-13(11)14(2,3)4/h6-8H,1-5H3. The summed E-state index contributed by atoms with van der Waals surface area (Å²) in [5, 5.41) is 5.65. The van der Waals surface area contributed by atoms with E-state index < -0.39 is 0 Å². The number of fused-ring (bicyclic) bond motifs is 1. The summed E-state index contributed by atoms with van der Waals surface area (Å²) in [5.41, 5.74) is 2.70. The molecule has 0 amide bonds. The number of carbonyl (C=O) groups excluding carboxylic acids is 1. The van der Waals surface area contributed by atoms with Crippen LogP contribution in [0.1, 0.15) is 43.7 Å². The summed E-state index contributed by atoms with van der Waals surface area (Å²) < 4.78 is 1.81. The molecule has 0 unspecified atom stereocenters. The van der Waals surface area contributed by atoms with Crippen LogP contribution in [0.15, 0.2) is 18.2 Å². The Morgan fingerprint density at radius 2 is 1.94 bits per heavy atom. The molecular weight excluding hydrogens is 212 g/mol. The topological polar surface area (TPSA) is 34.9 Å². The minimum absolute atomic E-state index is 0.0189. The number of hydrogen-bond acceptors (Lipinski definition) is 2. The Bertz CT molecular complexity index is 588. The van der Waals surface area contributed by atoms with Crippen LogP contribution in [0.5, 0.6) is 0 Å². The molecule has 0 spiro atoms. The first-order valence-electron chi connectivity index (χ1n) is 5.79. The minimum atomic E-state index is -0.0189. The molecule has 3 nitrogen and oxygen atoms in total. The molecule has 0 saturated carbocycles. The fraction of sp³-hybridized carbons (Fsp3) is 0.429. The molecule has 2 aromatic rings. The summed E-state index contributed by atoms with van der Waals surface area (Å²) in [6.07, 6.45) is 0. The molecule has 0 fully saturated rings. The van der Waals surface area contributed by atoms with Crippen LogP contribution in [0.4, 0.5) is 0 Å². The average molecular weight is 230 g/mol. The first kappa shape index (κ1) is 11.8. The summed E-state index contributed by atoms with van der Waals surface area (Å²) in [6, 6.07) is 5.82. The molecule has 0 saturated heterocycles. The molecule has 0 radical (unpaired) electrons. The molecule has 1 aromatic carbocycles. The Balaban J connectivity index is 2.87. The lowest BCUT2D eigenvalue weighted by atomic mass is 9.89. The second-order valence-corrected chi connectivity index (χ2v) is 5.48. The zero-order valence-electron chi connectivity index (χ0n) is 11.0. The number of rotatable bonds is 1. The van der Waals surface area contributed by atoms with Crippen LogP contribution < -0.4 is 0 Å². The average Bonchev–Trinajstić information content (AvgIpc) is 2.56. The monoisotopic (exact) mass is 230 g/mol. The zero-order chi connectivity index (χ0) is 12.8. The third kappa shape index (κ3) is 1.86. The van der Waals surface area contributed by atoms with Gasteiger partial charge in [0.1, 0.15) is 0 Å². The van der Waals surface area contributed by atoms with Crippen molar-refractivity contribution in [1.82, 2.24) is 9.78 Å². The molecule has 90 valence electrons. The number of carbonyl (C=O) groups is 1. The fourth-order valence-electron chi connectivity index (χ4n) is 2.18. The molecule has 0 N–H and O–H groups in total. The van der Waals surface area contributed by atoms with E-state index in [1.165, 1.54) is 0 Å². The van der Waals surface area contributed by atoms with Gasteiger partial charge in [-0.05, 0) is 13.0 Å². The van der Waals surface area contributed by atoms with Gasteiger partial charge in [-0.25, -0.2) is 0 Å². The predicted octanol–water partition coefficient (Wildman–Crippen LogP) is 3.07. The van der Waals surface area contributed by atoms with Gasteiger partial charge in [-0.15, -0.1) is 0 Å². The minimum Gasteiger partial charge on any atom is -0.294 e. The molecule has 0 atom stereocenters. The predicted molar refractivity (Wildman–Crippen MR) is 69.4 cm³/mol. The van der Waals surface area contributed by atoms with E-state index in [0.29, 0.717) is 0 Å². The molecule has 0 aliphatic rings. The van der Waals surface area contributed by atoms with Crippen molar-refractivity contribution < 1.29 is 4.79 Å². The quantitative estimate of drug-likeness (QED) is 0.706. The Hall–Kier alpha value is -1.64. The number of aromatic nitrogens is 2. The Kier molecular flexibility index (Phi) is 2.57. The van der Waals surface area contributed by atoms with Crippen LogP contribution in [-0.4, -0.2) is 15.6 Å². The van der Waals surface area contributed by atoms with Gasteiger partial charge in [-0.2, -0.15) is 5.10 Å². The SMILES string of the molecule is CC(=O)c1cccc2c(C(C)(C)C)nn(C)c12. The highest BCUT2D eigenvalue weighted by molar-refractivity contribution is 6.06. The van der Waals surface area contributed by atoms with Crippen LogP contribution in [0, 0.1) is 0 Å². The number of para-hydroxylation sites is 1. The van der Waals surface area contributed by atoms with Crippen molar-refractivity contribution in [3.05, 3.63) is 29.5 Å². The van der Waals surface area contributed by atoms with Crippen molar-refractivity contribution in [3.63, 3.8) is 0 Å². The van der Waals surface area contributed by atoms with E-state index in [4.69, 9.17) is 0 Å². The van der Waals surface area contributed by atoms with Crippen LogP contribution in [0.3, 0.4) is 0 Å². The molecule has 0 bridgehead atoms. The maximum Gasteiger partial charge on any atom is 0.161 e. The van der Waals surface area contributed by atoms with Crippen molar-refractivity contribution in [2.75, 3.05) is 0 Å². The maximum atomic E-state index is 11.6. The van der Waals surface area contributed by atoms with E-state index in [1.54, 1.807) is 6.92 Å². The van der Waals surface area contributed by atoms with Gasteiger partial charge < -0.3 is 0 Å². The Morgan fingerprint density at radius 3 is 2.47 bits per heavy atom. The first-order valence-corrected chi connectivity index (χ1v) is 5.79. The summed E-state index contributed by atoms with van der Waals surface area (Å²) in [6.45, 7) is 8.00. The molecular formula is C14H18N2O. The van der Waals surface area contributed by atoms with Crippen molar-refractivity contribution in [1.29, 1.82) is 0 Å². The number of aryl methyl sites for hydroxylation is 1. The normalized spacial score (nSPS) is 12.1. The van der Waals surface area contributed by atoms with E-state index in [-0.39, 0.29) is 11.2 Å². The number of ketones is 1. The molecule has 0 aliphatic heterocycles. The van der Waals surface area contributed by atoms with Gasteiger partial charge in [0, 0.05) is 23.4 Å². The molecule has 3 heteroatoms. The summed E-state index contributed by atoms with van der Waals surface area (Å²) >= 11 is 0. The lowest BCUT2D eigenvalue weighted by molar-refractivity contribution is 0.101. The van der Waals surface area contributed by atoms with Crippen molar-refractivity contribution in [2.24, 2.45) is 7.05 Å². The molecule has 1 heterocycles. The maximum absolute atomic E-state index is 11.6. The van der Waals surface area contributed by atoms with Crippen molar-refractivity contribution >= 4 is 16.7 Å². The zero-order valence-corrected chi connectivity index (χ0v) is 11.0. The van der Waals surface area contributed by atoms with Crippen LogP contribution in [0.2, 0.25) is 0 Å². The molecule has 1 aromatic heterocycles. The third-order valence-corrected chi connectivity index (χ3v) is 2.95. The fourth-order valence-corrected chi connectivity index (χ4v) is 2.18. The number of benzene rings is 1. The van der Waals surface area contributed by atoms with E-state index in [2.05, 4.69) is 25.9 Å². The van der Waals surface area contributed by atoms with E-state index >= 15 is 0 Å². The summed E-state index contributed by atoms with van der Waals surface area (Å²) in [4.78, 5) is 11.6. The van der Waals surface area contributed by atoms with Crippen LogP contribution in [0.25, 0.3) is 10.9 Å². The molecule has 0 aliphatic carbocycles. The van der Waals surface area contributed by atoms with Gasteiger partial charge in [0.25, 0.3) is 0 Å². The highest BCUT2D eigenvalue weighted by Crippen LogP contribution is 2.30. The first-order chi connectivity index (χ1) is 7.82. The second kappa shape index (κ2) is 3.69. The van der Waals surface area contributed by atoms with E-state index in [1.807, 2.05) is 29.9 Å². The van der Waals surface area contributed by atoms with Crippen molar-refractivity contribution in [2.45, 2.75) is 33.1 Å². The van der Waals surface area contributed by atoms with Gasteiger partial charge in [-0.1, -0.05) is 32.9 Å². The van der Waals surface area contributed by atoms with Gasteiger partial charge in [0.2, 0.25) is 0 Å². The number of Topliss-reactive ketones (excluding diaryl/α,β-unsaturated/α-hetero) is 1. The van der Waals surface area contributed by atoms with Gasteiger partial charge in [0.15, 0.2) is 5.78 Å². The smallest absolute Gasteiger partial charge is 0.161 e. The largest absolute Gasteiger partial charge is 0.294 e. The van der Waals surface area contributed by atoms with E-state index in [0.717, 1.165) is 22.2 Å². The second-order valence-electron chi connectivity index (χ2n) is 5.48. The van der Waals surface area contributed by atoms with Gasteiger partial charge in [-0.3, -0.25) is 9.48 Å². The number of nitrogens with zero attached hydrogens (tertiary/aromatic N) is 2. The summed E-state index contributed by atoms with van der Waals surface area (Å²) in [7, 11) is 1.89. The molecule has 17 heavy (non-hydrogen) atoms. The van der Waals surface area contributed by atoms with Gasteiger partial charge >= 0.3 is 0 Å². The lowest BCUT2D eigenvalue weighted by Crippen LogP contribution is -2.12. The Labute approximate surface area is 101 Å². The van der Waals surface area contributed by atoms with Crippen molar-refractivity contribution in [3.8, 4) is 0 Å². The van der Waals surface area contributed by atoms with Crippen LogP contribution >= 0.6 is 0 Å². The third-order valence-electron chi connectivity index (χ3n) is 2.95. The lowest BCUT2D eigenvalue weighted by Gasteiger charge is -2.15. The van der Waals surface area contributed by atoms with Gasteiger partial charge in [0.05, 0.1) is 11.2 Å². The van der Waals surface area contributed by atoms with E-state index in [9.17, 15) is 4.79 Å². The number of hydrogen-bond donors (Lipinski definition) is 0. The Morgan fingerprint density at radius 1 is 1.29 bits per heavy atom. The van der Waals surface area contributed by atoms with Crippen LogP contribution in [-0.2, 0) is 12.5 Å². The summed E-state index contributed by atoms with van der Waals surface area (Å²) in [5.74, 6) is 0.0825.